The van der Waals surface area contributed by atoms with Crippen molar-refractivity contribution < 1.29 is 9.90 Å². The van der Waals surface area contributed by atoms with E-state index >= 15 is 0 Å². The number of amides is 1. The van der Waals surface area contributed by atoms with E-state index in [1.807, 2.05) is 6.92 Å². The largest absolute Gasteiger partial charge is 0.393 e. The molecule has 3 nitrogen and oxygen atoms in total. The predicted octanol–water partition coefficient (Wildman–Crippen LogP) is 2.39. The van der Waals surface area contributed by atoms with Gasteiger partial charge >= 0.3 is 0 Å². The summed E-state index contributed by atoms with van der Waals surface area (Å²) < 4.78 is 0. The molecule has 110 valence electrons. The molecule has 1 unspecified atom stereocenters. The van der Waals surface area contributed by atoms with Gasteiger partial charge in [0.05, 0.1) is 12.5 Å². The standard InChI is InChI=1S/C17H25NO2/c1-2-16(19)9-10-18-17(20)12-13-7-8-14-5-3-4-6-15(14)11-13/h7-8,11,16,19H,2-6,9-10,12H2,1H3,(H,18,20). The number of benzene rings is 1. The van der Waals surface area contributed by atoms with Crippen LogP contribution in [-0.2, 0) is 24.1 Å². The first kappa shape index (κ1) is 15.0. The molecule has 20 heavy (non-hydrogen) atoms. The van der Waals surface area contributed by atoms with E-state index < -0.39 is 0 Å². The minimum Gasteiger partial charge on any atom is -0.393 e. The molecule has 0 saturated carbocycles. The number of carbonyl (C=O) groups excluding carboxylic acids is 1. The van der Waals surface area contributed by atoms with E-state index in [0.717, 1.165) is 18.4 Å². The second-order valence-electron chi connectivity index (χ2n) is 5.69. The van der Waals surface area contributed by atoms with Gasteiger partial charge in [-0.15, -0.1) is 0 Å². The van der Waals surface area contributed by atoms with Crippen LogP contribution in [-0.4, -0.2) is 23.7 Å². The van der Waals surface area contributed by atoms with Gasteiger partial charge in [-0.3, -0.25) is 4.79 Å². The number of carbonyl (C=O) groups is 1. The Balaban J connectivity index is 1.82. The van der Waals surface area contributed by atoms with E-state index in [4.69, 9.17) is 0 Å². The maximum atomic E-state index is 11.9. The van der Waals surface area contributed by atoms with Crippen LogP contribution < -0.4 is 5.32 Å². The van der Waals surface area contributed by atoms with Crippen LogP contribution in [0.15, 0.2) is 18.2 Å². The number of aliphatic hydroxyl groups is 1. The van der Waals surface area contributed by atoms with Gasteiger partial charge in [0.1, 0.15) is 0 Å². The van der Waals surface area contributed by atoms with Crippen LogP contribution in [0.4, 0.5) is 0 Å². The summed E-state index contributed by atoms with van der Waals surface area (Å²) in [4.78, 5) is 11.9. The number of hydrogen-bond donors (Lipinski definition) is 2. The quantitative estimate of drug-likeness (QED) is 0.837. The summed E-state index contributed by atoms with van der Waals surface area (Å²) in [5.41, 5.74) is 3.97. The Morgan fingerprint density at radius 1 is 1.30 bits per heavy atom. The highest BCUT2D eigenvalue weighted by molar-refractivity contribution is 5.78. The van der Waals surface area contributed by atoms with Gasteiger partial charge in [-0.1, -0.05) is 25.1 Å². The first-order valence-electron chi connectivity index (χ1n) is 7.74. The Morgan fingerprint density at radius 3 is 2.80 bits per heavy atom. The van der Waals surface area contributed by atoms with Crippen LogP contribution in [0.2, 0.25) is 0 Å². The van der Waals surface area contributed by atoms with Crippen LogP contribution in [0.1, 0.15) is 49.3 Å². The van der Waals surface area contributed by atoms with Crippen molar-refractivity contribution in [2.75, 3.05) is 6.54 Å². The maximum Gasteiger partial charge on any atom is 0.224 e. The third kappa shape index (κ3) is 4.34. The highest BCUT2D eigenvalue weighted by Gasteiger charge is 2.11. The van der Waals surface area contributed by atoms with E-state index in [2.05, 4.69) is 23.5 Å². The molecule has 1 aromatic rings. The van der Waals surface area contributed by atoms with Crippen molar-refractivity contribution in [1.29, 1.82) is 0 Å². The molecule has 2 rings (SSSR count). The lowest BCUT2D eigenvalue weighted by atomic mass is 9.90. The normalized spacial score (nSPS) is 15.5. The van der Waals surface area contributed by atoms with Crippen LogP contribution in [0.5, 0.6) is 0 Å². The molecule has 1 aromatic carbocycles. The Bertz CT molecular complexity index is 456. The third-order valence-corrected chi connectivity index (χ3v) is 4.05. The molecule has 1 amide bonds. The van der Waals surface area contributed by atoms with Gasteiger partial charge < -0.3 is 10.4 Å². The van der Waals surface area contributed by atoms with E-state index in [1.165, 1.54) is 30.4 Å². The fourth-order valence-corrected chi connectivity index (χ4v) is 2.73. The number of nitrogens with one attached hydrogen (secondary N) is 1. The summed E-state index contributed by atoms with van der Waals surface area (Å²) in [5.74, 6) is 0.0454. The summed E-state index contributed by atoms with van der Waals surface area (Å²) in [6.45, 7) is 2.50. The van der Waals surface area contributed by atoms with Gasteiger partial charge in [0.2, 0.25) is 5.91 Å². The van der Waals surface area contributed by atoms with Gasteiger partial charge in [-0.25, -0.2) is 0 Å². The summed E-state index contributed by atoms with van der Waals surface area (Å²) in [6.07, 6.45) is 6.37. The average Bonchev–Trinajstić information content (AvgIpc) is 2.47. The highest BCUT2D eigenvalue weighted by atomic mass is 16.3. The summed E-state index contributed by atoms with van der Waals surface area (Å²) in [6, 6.07) is 6.44. The van der Waals surface area contributed by atoms with Crippen molar-refractivity contribution in [2.24, 2.45) is 0 Å². The van der Waals surface area contributed by atoms with Crippen molar-refractivity contribution >= 4 is 5.91 Å². The van der Waals surface area contributed by atoms with Crippen LogP contribution in [0, 0.1) is 0 Å². The topological polar surface area (TPSA) is 49.3 Å². The molecular weight excluding hydrogens is 250 g/mol. The zero-order valence-electron chi connectivity index (χ0n) is 12.3. The summed E-state index contributed by atoms with van der Waals surface area (Å²) in [5, 5.41) is 12.3. The molecule has 0 heterocycles. The molecule has 2 N–H and O–H groups in total. The van der Waals surface area contributed by atoms with Gasteiger partial charge in [0.15, 0.2) is 0 Å². The predicted molar refractivity (Wildman–Crippen MR) is 80.7 cm³/mol. The van der Waals surface area contributed by atoms with E-state index in [-0.39, 0.29) is 12.0 Å². The van der Waals surface area contributed by atoms with Crippen molar-refractivity contribution in [3.8, 4) is 0 Å². The Morgan fingerprint density at radius 2 is 2.05 bits per heavy atom. The lowest BCUT2D eigenvalue weighted by Gasteiger charge is -2.16. The van der Waals surface area contributed by atoms with Crippen LogP contribution in [0.25, 0.3) is 0 Å². The average molecular weight is 275 g/mol. The molecule has 0 aliphatic heterocycles. The van der Waals surface area contributed by atoms with Crippen LogP contribution >= 0.6 is 0 Å². The Kier molecular flexibility index (Phi) is 5.60. The van der Waals surface area contributed by atoms with Crippen molar-refractivity contribution in [1.82, 2.24) is 5.32 Å². The Labute approximate surface area is 121 Å². The van der Waals surface area contributed by atoms with Crippen LogP contribution in [0.3, 0.4) is 0 Å². The minimum atomic E-state index is -0.306. The molecule has 0 aromatic heterocycles. The zero-order valence-corrected chi connectivity index (χ0v) is 12.3. The third-order valence-electron chi connectivity index (χ3n) is 4.05. The van der Waals surface area contributed by atoms with Gasteiger partial charge in [0.25, 0.3) is 0 Å². The molecule has 0 spiro atoms. The summed E-state index contributed by atoms with van der Waals surface area (Å²) in [7, 11) is 0. The number of aliphatic hydroxyl groups excluding tert-OH is 1. The zero-order chi connectivity index (χ0) is 14.4. The van der Waals surface area contributed by atoms with E-state index in [0.29, 0.717) is 19.4 Å². The lowest BCUT2D eigenvalue weighted by molar-refractivity contribution is -0.120. The molecule has 0 fully saturated rings. The fourth-order valence-electron chi connectivity index (χ4n) is 2.73. The smallest absolute Gasteiger partial charge is 0.224 e. The molecule has 1 aliphatic rings. The summed E-state index contributed by atoms with van der Waals surface area (Å²) >= 11 is 0. The van der Waals surface area contributed by atoms with Gasteiger partial charge in [-0.05, 0) is 55.2 Å². The number of fused-ring (bicyclic) bond motifs is 1. The van der Waals surface area contributed by atoms with E-state index in [1.54, 1.807) is 0 Å². The lowest BCUT2D eigenvalue weighted by Crippen LogP contribution is -2.28. The van der Waals surface area contributed by atoms with E-state index in [9.17, 15) is 9.90 Å². The first-order valence-corrected chi connectivity index (χ1v) is 7.74. The molecule has 1 aliphatic carbocycles. The maximum absolute atomic E-state index is 11.9. The molecular formula is C17H25NO2. The molecule has 1 atom stereocenters. The second kappa shape index (κ2) is 7.44. The minimum absolute atomic E-state index is 0.0454. The van der Waals surface area contributed by atoms with Gasteiger partial charge in [-0.2, -0.15) is 0 Å². The molecule has 0 bridgehead atoms. The molecule has 0 radical (unpaired) electrons. The second-order valence-corrected chi connectivity index (χ2v) is 5.69. The monoisotopic (exact) mass is 275 g/mol. The number of aryl methyl sites for hydroxylation is 2. The molecule has 3 heteroatoms. The molecule has 0 saturated heterocycles. The van der Waals surface area contributed by atoms with Crippen molar-refractivity contribution in [3.05, 3.63) is 34.9 Å². The SMILES string of the molecule is CCC(O)CCNC(=O)Cc1ccc2c(c1)CCCC2. The van der Waals surface area contributed by atoms with Crippen molar-refractivity contribution in [2.45, 2.75) is 58.0 Å². The van der Waals surface area contributed by atoms with Crippen molar-refractivity contribution in [3.63, 3.8) is 0 Å². The first-order chi connectivity index (χ1) is 9.69. The van der Waals surface area contributed by atoms with Gasteiger partial charge in [0, 0.05) is 6.54 Å². The Hall–Kier alpha value is -1.35. The number of hydrogen-bond acceptors (Lipinski definition) is 2. The number of rotatable bonds is 6. The fraction of sp³-hybridized carbons (Fsp3) is 0.588. The highest BCUT2D eigenvalue weighted by Crippen LogP contribution is 2.22.